The summed E-state index contributed by atoms with van der Waals surface area (Å²) in [6.07, 6.45) is 3.44. The Labute approximate surface area is 172 Å². The van der Waals surface area contributed by atoms with Crippen LogP contribution in [0, 0.1) is 6.92 Å². The van der Waals surface area contributed by atoms with E-state index in [2.05, 4.69) is 25.6 Å². The number of pyridine rings is 1. The molecule has 0 spiro atoms. The molecule has 0 aliphatic rings. The second-order valence-electron chi connectivity index (χ2n) is 6.36. The lowest BCUT2D eigenvalue weighted by Crippen LogP contribution is -2.17. The standard InChI is InChI=1S/C20H19N7OS/c1-14-11-17(27(25-14)16-8-4-3-5-9-16)22-18(28)13-29-20-24-23-19(26(20)2)15-7-6-10-21-12-15/h3-12H,13H2,1-2H3,(H,22,28). The van der Waals surface area contributed by atoms with Crippen molar-refractivity contribution < 1.29 is 4.79 Å². The molecule has 0 aliphatic heterocycles. The average Bonchev–Trinajstić information content (AvgIpc) is 3.30. The lowest BCUT2D eigenvalue weighted by Gasteiger charge is -2.08. The molecule has 1 N–H and O–H groups in total. The van der Waals surface area contributed by atoms with Crippen molar-refractivity contribution in [3.8, 4) is 17.1 Å². The SMILES string of the molecule is Cc1cc(NC(=O)CSc2nnc(-c3cccnc3)n2C)n(-c2ccccc2)n1. The Bertz CT molecular complexity index is 1120. The quantitative estimate of drug-likeness (QED) is 0.496. The van der Waals surface area contributed by atoms with Crippen molar-refractivity contribution >= 4 is 23.5 Å². The van der Waals surface area contributed by atoms with Crippen LogP contribution in [0.1, 0.15) is 5.69 Å². The van der Waals surface area contributed by atoms with Gasteiger partial charge in [0.05, 0.1) is 17.1 Å². The van der Waals surface area contributed by atoms with Crippen LogP contribution in [-0.2, 0) is 11.8 Å². The summed E-state index contributed by atoms with van der Waals surface area (Å²) in [5.41, 5.74) is 2.59. The van der Waals surface area contributed by atoms with E-state index in [4.69, 9.17) is 0 Å². The molecule has 0 aliphatic carbocycles. The number of thioether (sulfide) groups is 1. The Morgan fingerprint density at radius 1 is 1.14 bits per heavy atom. The van der Waals surface area contributed by atoms with E-state index in [0.717, 1.165) is 16.9 Å². The van der Waals surface area contributed by atoms with E-state index in [-0.39, 0.29) is 11.7 Å². The second kappa shape index (κ2) is 8.27. The Balaban J connectivity index is 1.44. The minimum Gasteiger partial charge on any atom is -0.310 e. The topological polar surface area (TPSA) is 90.5 Å². The number of nitrogens with one attached hydrogen (secondary N) is 1. The van der Waals surface area contributed by atoms with Crippen LogP contribution in [-0.4, -0.2) is 41.2 Å². The number of hydrogen-bond donors (Lipinski definition) is 1. The number of carbonyl (C=O) groups excluding carboxylic acids is 1. The largest absolute Gasteiger partial charge is 0.310 e. The molecule has 0 atom stereocenters. The normalized spacial score (nSPS) is 10.8. The fourth-order valence-corrected chi connectivity index (χ4v) is 3.56. The lowest BCUT2D eigenvalue weighted by atomic mass is 10.3. The summed E-state index contributed by atoms with van der Waals surface area (Å²) in [6.45, 7) is 1.89. The van der Waals surface area contributed by atoms with Crippen molar-refractivity contribution in [2.75, 3.05) is 11.1 Å². The van der Waals surface area contributed by atoms with Crippen molar-refractivity contribution in [1.82, 2.24) is 29.5 Å². The van der Waals surface area contributed by atoms with Crippen molar-refractivity contribution in [3.05, 3.63) is 66.6 Å². The van der Waals surface area contributed by atoms with Gasteiger partial charge < -0.3 is 9.88 Å². The lowest BCUT2D eigenvalue weighted by molar-refractivity contribution is -0.113. The molecule has 3 heterocycles. The molecule has 0 radical (unpaired) electrons. The Hall–Kier alpha value is -3.46. The maximum absolute atomic E-state index is 12.5. The number of rotatable bonds is 6. The van der Waals surface area contributed by atoms with E-state index in [1.807, 2.05) is 67.1 Å². The molecular formula is C20H19N7OS. The number of para-hydroxylation sites is 1. The van der Waals surface area contributed by atoms with Crippen LogP contribution in [0.5, 0.6) is 0 Å². The van der Waals surface area contributed by atoms with Crippen molar-refractivity contribution in [3.63, 3.8) is 0 Å². The van der Waals surface area contributed by atoms with Crippen LogP contribution in [0.4, 0.5) is 5.82 Å². The number of hydrogen-bond acceptors (Lipinski definition) is 6. The molecule has 1 aromatic carbocycles. The van der Waals surface area contributed by atoms with E-state index in [1.165, 1.54) is 11.8 Å². The van der Waals surface area contributed by atoms with Gasteiger partial charge in [0.1, 0.15) is 5.82 Å². The first-order valence-electron chi connectivity index (χ1n) is 8.96. The molecule has 0 saturated carbocycles. The zero-order valence-corrected chi connectivity index (χ0v) is 16.8. The van der Waals surface area contributed by atoms with Gasteiger partial charge in [-0.3, -0.25) is 9.78 Å². The third-order valence-electron chi connectivity index (χ3n) is 4.19. The van der Waals surface area contributed by atoms with Crippen LogP contribution >= 0.6 is 11.8 Å². The molecular weight excluding hydrogens is 386 g/mol. The van der Waals surface area contributed by atoms with Crippen LogP contribution in [0.15, 0.2) is 66.1 Å². The molecule has 0 bridgehead atoms. The maximum atomic E-state index is 12.5. The molecule has 29 heavy (non-hydrogen) atoms. The van der Waals surface area contributed by atoms with E-state index >= 15 is 0 Å². The molecule has 1 amide bonds. The number of aryl methyl sites for hydroxylation is 1. The van der Waals surface area contributed by atoms with Crippen molar-refractivity contribution in [2.24, 2.45) is 7.05 Å². The minimum atomic E-state index is -0.141. The van der Waals surface area contributed by atoms with E-state index in [9.17, 15) is 4.79 Å². The summed E-state index contributed by atoms with van der Waals surface area (Å²) in [4.78, 5) is 16.6. The Morgan fingerprint density at radius 2 is 1.97 bits per heavy atom. The molecule has 9 heteroatoms. The fraction of sp³-hybridized carbons (Fsp3) is 0.150. The van der Waals surface area contributed by atoms with Crippen LogP contribution in [0.2, 0.25) is 0 Å². The smallest absolute Gasteiger partial charge is 0.236 e. The summed E-state index contributed by atoms with van der Waals surface area (Å²) in [5.74, 6) is 1.41. The highest BCUT2D eigenvalue weighted by atomic mass is 32.2. The predicted molar refractivity (Wildman–Crippen MR) is 112 cm³/mol. The van der Waals surface area contributed by atoms with Crippen LogP contribution in [0.3, 0.4) is 0 Å². The van der Waals surface area contributed by atoms with Crippen LogP contribution < -0.4 is 5.32 Å². The highest BCUT2D eigenvalue weighted by Crippen LogP contribution is 2.22. The number of aromatic nitrogens is 6. The Morgan fingerprint density at radius 3 is 2.72 bits per heavy atom. The molecule has 0 saturated heterocycles. The highest BCUT2D eigenvalue weighted by Gasteiger charge is 2.15. The van der Waals surface area contributed by atoms with E-state index in [1.54, 1.807) is 17.1 Å². The van der Waals surface area contributed by atoms with Gasteiger partial charge in [0.25, 0.3) is 0 Å². The summed E-state index contributed by atoms with van der Waals surface area (Å²) < 4.78 is 3.58. The summed E-state index contributed by atoms with van der Waals surface area (Å²) in [7, 11) is 1.87. The molecule has 0 fully saturated rings. The number of anilines is 1. The first-order valence-corrected chi connectivity index (χ1v) is 9.95. The van der Waals surface area contributed by atoms with Gasteiger partial charge in [-0.1, -0.05) is 30.0 Å². The second-order valence-corrected chi connectivity index (χ2v) is 7.30. The summed E-state index contributed by atoms with van der Waals surface area (Å²) >= 11 is 1.33. The molecule has 3 aromatic heterocycles. The van der Waals surface area contributed by atoms with Crippen molar-refractivity contribution in [2.45, 2.75) is 12.1 Å². The molecule has 0 unspecified atom stereocenters. The van der Waals surface area contributed by atoms with Gasteiger partial charge in [0.15, 0.2) is 11.0 Å². The monoisotopic (exact) mass is 405 g/mol. The third kappa shape index (κ3) is 4.19. The first kappa shape index (κ1) is 18.9. The minimum absolute atomic E-state index is 0.141. The van der Waals surface area contributed by atoms with Gasteiger partial charge >= 0.3 is 0 Å². The van der Waals surface area contributed by atoms with Gasteiger partial charge in [-0.15, -0.1) is 10.2 Å². The number of carbonyl (C=O) groups is 1. The molecule has 4 aromatic rings. The molecule has 146 valence electrons. The van der Waals surface area contributed by atoms with Crippen molar-refractivity contribution in [1.29, 1.82) is 0 Å². The van der Waals surface area contributed by atoms with Crippen LogP contribution in [0.25, 0.3) is 17.1 Å². The van der Waals surface area contributed by atoms with Gasteiger partial charge in [-0.2, -0.15) is 5.10 Å². The van der Waals surface area contributed by atoms with Gasteiger partial charge in [0.2, 0.25) is 5.91 Å². The zero-order chi connectivity index (χ0) is 20.2. The maximum Gasteiger partial charge on any atom is 0.236 e. The van der Waals surface area contributed by atoms with E-state index in [0.29, 0.717) is 16.8 Å². The number of amides is 1. The molecule has 4 rings (SSSR count). The van der Waals surface area contributed by atoms with E-state index < -0.39 is 0 Å². The summed E-state index contributed by atoms with van der Waals surface area (Å²) in [5, 5.41) is 16.5. The highest BCUT2D eigenvalue weighted by molar-refractivity contribution is 7.99. The van der Waals surface area contributed by atoms with Gasteiger partial charge in [0, 0.05) is 31.1 Å². The zero-order valence-electron chi connectivity index (χ0n) is 16.0. The number of nitrogens with zero attached hydrogens (tertiary/aromatic N) is 6. The Kier molecular flexibility index (Phi) is 5.39. The summed E-state index contributed by atoms with van der Waals surface area (Å²) in [6, 6.07) is 15.3. The fourth-order valence-electron chi connectivity index (χ4n) is 2.85. The van der Waals surface area contributed by atoms with Gasteiger partial charge in [-0.25, -0.2) is 4.68 Å². The predicted octanol–water partition coefficient (Wildman–Crippen LogP) is 3.10. The van der Waals surface area contributed by atoms with Gasteiger partial charge in [-0.05, 0) is 31.2 Å². The molecule has 8 nitrogen and oxygen atoms in total. The third-order valence-corrected chi connectivity index (χ3v) is 5.21. The first-order chi connectivity index (χ1) is 14.1. The average molecular weight is 405 g/mol. The number of benzene rings is 1.